The molecule has 1 unspecified atom stereocenters. The molecule has 0 aliphatic carbocycles. The molecular formula is C27H24FNO2. The molecule has 0 fully saturated rings. The first-order valence-electron chi connectivity index (χ1n) is 10.4. The molecule has 2 heterocycles. The summed E-state index contributed by atoms with van der Waals surface area (Å²) in [6, 6.07) is 17.6. The van der Waals surface area contributed by atoms with Gasteiger partial charge in [-0.25, -0.2) is 4.39 Å². The number of hydrogen-bond donors (Lipinski definition) is 0. The molecule has 5 rings (SSSR count). The number of carbonyl (C=O) groups is 1. The van der Waals surface area contributed by atoms with Crippen molar-refractivity contribution in [3.63, 3.8) is 0 Å². The van der Waals surface area contributed by atoms with Crippen LogP contribution in [0, 0.1) is 12.7 Å². The van der Waals surface area contributed by atoms with E-state index >= 15 is 0 Å². The number of benzene rings is 3. The molecule has 156 valence electrons. The first kappa shape index (κ1) is 19.6. The van der Waals surface area contributed by atoms with Crippen molar-refractivity contribution >= 4 is 17.5 Å². The van der Waals surface area contributed by atoms with Crippen LogP contribution < -0.4 is 9.64 Å². The highest BCUT2D eigenvalue weighted by atomic mass is 19.1. The summed E-state index contributed by atoms with van der Waals surface area (Å²) < 4.78 is 19.9. The van der Waals surface area contributed by atoms with Crippen molar-refractivity contribution in [3.8, 4) is 5.75 Å². The second kappa shape index (κ2) is 6.55. The van der Waals surface area contributed by atoms with Gasteiger partial charge < -0.3 is 9.64 Å². The Labute approximate surface area is 181 Å². The predicted octanol–water partition coefficient (Wildman–Crippen LogP) is 5.89. The van der Waals surface area contributed by atoms with Crippen LogP contribution in [0.1, 0.15) is 46.5 Å². The number of fused-ring (bicyclic) bond motifs is 2. The molecule has 3 aromatic rings. The molecule has 0 N–H and O–H groups in total. The van der Waals surface area contributed by atoms with Gasteiger partial charge in [-0.2, -0.15) is 0 Å². The first-order chi connectivity index (χ1) is 14.7. The molecule has 4 heteroatoms. The zero-order chi connectivity index (χ0) is 22.0. The van der Waals surface area contributed by atoms with Crippen molar-refractivity contribution in [2.75, 3.05) is 11.9 Å². The van der Waals surface area contributed by atoms with E-state index < -0.39 is 5.72 Å². The topological polar surface area (TPSA) is 29.5 Å². The van der Waals surface area contributed by atoms with Gasteiger partial charge in [0.25, 0.3) is 0 Å². The number of halogens is 1. The summed E-state index contributed by atoms with van der Waals surface area (Å²) >= 11 is 0. The van der Waals surface area contributed by atoms with Crippen molar-refractivity contribution in [2.45, 2.75) is 31.9 Å². The van der Waals surface area contributed by atoms with E-state index in [0.29, 0.717) is 11.1 Å². The van der Waals surface area contributed by atoms with Crippen molar-refractivity contribution in [2.24, 2.45) is 0 Å². The molecule has 0 amide bonds. The van der Waals surface area contributed by atoms with Crippen molar-refractivity contribution in [3.05, 3.63) is 100 Å². The Morgan fingerprint density at radius 1 is 0.968 bits per heavy atom. The fourth-order valence-corrected chi connectivity index (χ4v) is 4.84. The van der Waals surface area contributed by atoms with Crippen LogP contribution in [-0.4, -0.2) is 18.6 Å². The number of hydrogen-bond acceptors (Lipinski definition) is 3. The van der Waals surface area contributed by atoms with E-state index in [2.05, 4.69) is 57.0 Å². The van der Waals surface area contributed by atoms with Crippen LogP contribution in [0.2, 0.25) is 0 Å². The summed E-state index contributed by atoms with van der Waals surface area (Å²) in [4.78, 5) is 15.0. The third kappa shape index (κ3) is 2.74. The lowest BCUT2D eigenvalue weighted by atomic mass is 9.76. The average Bonchev–Trinajstić information content (AvgIpc) is 2.91. The van der Waals surface area contributed by atoms with Gasteiger partial charge in [-0.15, -0.1) is 0 Å². The SMILES string of the molecule is Cc1ccc2c(c1)C(C)(C)C1(C=Cc3cc(C(=O)c4ccc(F)cc4)ccc3O1)N2C. The van der Waals surface area contributed by atoms with E-state index in [1.165, 1.54) is 35.4 Å². The highest BCUT2D eigenvalue weighted by molar-refractivity contribution is 6.09. The lowest BCUT2D eigenvalue weighted by Gasteiger charge is -2.45. The summed E-state index contributed by atoms with van der Waals surface area (Å²) in [6.45, 7) is 6.51. The lowest BCUT2D eigenvalue weighted by Crippen LogP contribution is -2.58. The maximum atomic E-state index is 13.2. The Morgan fingerprint density at radius 2 is 1.68 bits per heavy atom. The summed E-state index contributed by atoms with van der Waals surface area (Å²) in [7, 11) is 2.06. The molecule has 2 aliphatic rings. The molecule has 0 aromatic heterocycles. The summed E-state index contributed by atoms with van der Waals surface area (Å²) in [5.74, 6) is 0.239. The third-order valence-electron chi connectivity index (χ3n) is 6.71. The van der Waals surface area contributed by atoms with Gasteiger partial charge in [0.05, 0.1) is 5.41 Å². The van der Waals surface area contributed by atoms with Crippen LogP contribution >= 0.6 is 0 Å². The zero-order valence-corrected chi connectivity index (χ0v) is 18.1. The number of ether oxygens (including phenoxy) is 1. The average molecular weight is 413 g/mol. The molecular weight excluding hydrogens is 389 g/mol. The van der Waals surface area contributed by atoms with Crippen LogP contribution in [0.25, 0.3) is 6.08 Å². The molecule has 0 radical (unpaired) electrons. The maximum Gasteiger partial charge on any atom is 0.211 e. The van der Waals surface area contributed by atoms with Gasteiger partial charge >= 0.3 is 0 Å². The summed E-state index contributed by atoms with van der Waals surface area (Å²) in [5, 5.41) is 0. The molecule has 3 aromatic carbocycles. The van der Waals surface area contributed by atoms with E-state index in [9.17, 15) is 9.18 Å². The molecule has 0 saturated carbocycles. The Morgan fingerprint density at radius 3 is 2.42 bits per heavy atom. The molecule has 0 saturated heterocycles. The molecule has 1 spiro atoms. The number of nitrogens with zero attached hydrogens (tertiary/aromatic N) is 1. The van der Waals surface area contributed by atoms with E-state index in [0.717, 1.165) is 17.0 Å². The third-order valence-corrected chi connectivity index (χ3v) is 6.71. The van der Waals surface area contributed by atoms with Crippen LogP contribution in [0.15, 0.2) is 66.7 Å². The standard InChI is InChI=1S/C27H24FNO2/c1-17-5-11-23-22(15-17)26(2,3)27(29(23)4)14-13-19-16-20(8-12-24(19)31-27)25(30)18-6-9-21(28)10-7-18/h5-16H,1-4H3. The molecule has 3 nitrogen and oxygen atoms in total. The van der Waals surface area contributed by atoms with Gasteiger partial charge in [-0.1, -0.05) is 17.7 Å². The van der Waals surface area contributed by atoms with Crippen LogP contribution in [0.4, 0.5) is 10.1 Å². The summed E-state index contributed by atoms with van der Waals surface area (Å²) in [5.41, 5.74) is 4.57. The Bertz CT molecular complexity index is 1240. The van der Waals surface area contributed by atoms with E-state index in [1.807, 2.05) is 18.2 Å². The molecule has 0 bridgehead atoms. The molecule has 2 aliphatic heterocycles. The lowest BCUT2D eigenvalue weighted by molar-refractivity contribution is 0.0581. The summed E-state index contributed by atoms with van der Waals surface area (Å²) in [6.07, 6.45) is 4.13. The quantitative estimate of drug-likeness (QED) is 0.490. The minimum absolute atomic E-state index is 0.141. The number of anilines is 1. The van der Waals surface area contributed by atoms with Crippen LogP contribution in [0.3, 0.4) is 0 Å². The number of rotatable bonds is 2. The predicted molar refractivity (Wildman–Crippen MR) is 121 cm³/mol. The van der Waals surface area contributed by atoms with Gasteiger partial charge in [0.15, 0.2) is 5.78 Å². The smallest absolute Gasteiger partial charge is 0.211 e. The minimum Gasteiger partial charge on any atom is -0.463 e. The Kier molecular flexibility index (Phi) is 4.13. The van der Waals surface area contributed by atoms with Gasteiger partial charge in [0, 0.05) is 29.4 Å². The number of carbonyl (C=O) groups excluding carboxylic acids is 1. The van der Waals surface area contributed by atoms with Gasteiger partial charge in [-0.05, 0) is 87.0 Å². The minimum atomic E-state index is -0.654. The fourth-order valence-electron chi connectivity index (χ4n) is 4.84. The molecule has 1 atom stereocenters. The Balaban J connectivity index is 1.52. The maximum absolute atomic E-state index is 13.2. The highest BCUT2D eigenvalue weighted by Gasteiger charge is 2.57. The van der Waals surface area contributed by atoms with E-state index in [-0.39, 0.29) is 17.0 Å². The molecule has 31 heavy (non-hydrogen) atoms. The Hall–Kier alpha value is -3.40. The first-order valence-corrected chi connectivity index (χ1v) is 10.4. The van der Waals surface area contributed by atoms with E-state index in [4.69, 9.17) is 4.74 Å². The van der Waals surface area contributed by atoms with Crippen LogP contribution in [0.5, 0.6) is 5.75 Å². The van der Waals surface area contributed by atoms with Crippen molar-refractivity contribution in [1.29, 1.82) is 0 Å². The monoisotopic (exact) mass is 413 g/mol. The number of aryl methyl sites for hydroxylation is 1. The largest absolute Gasteiger partial charge is 0.463 e. The fraction of sp³-hybridized carbons (Fsp3) is 0.222. The van der Waals surface area contributed by atoms with Crippen molar-refractivity contribution in [1.82, 2.24) is 0 Å². The van der Waals surface area contributed by atoms with Gasteiger partial charge in [-0.3, -0.25) is 4.79 Å². The second-order valence-electron chi connectivity index (χ2n) is 8.93. The normalized spacial score (nSPS) is 20.4. The number of ketones is 1. The number of likely N-dealkylation sites (N-methyl/N-ethyl adjacent to an activating group) is 1. The highest BCUT2D eigenvalue weighted by Crippen LogP contribution is 2.54. The van der Waals surface area contributed by atoms with Crippen LogP contribution in [-0.2, 0) is 5.41 Å². The van der Waals surface area contributed by atoms with Gasteiger partial charge in [0.1, 0.15) is 11.6 Å². The van der Waals surface area contributed by atoms with Gasteiger partial charge in [0.2, 0.25) is 5.72 Å². The zero-order valence-electron chi connectivity index (χ0n) is 18.1. The van der Waals surface area contributed by atoms with E-state index in [1.54, 1.807) is 6.07 Å². The second-order valence-corrected chi connectivity index (χ2v) is 8.93. The van der Waals surface area contributed by atoms with Crippen molar-refractivity contribution < 1.29 is 13.9 Å².